The molecule has 2 aromatic heterocycles. The second-order valence-corrected chi connectivity index (χ2v) is 8.34. The number of benzene rings is 1. The molecule has 0 N–H and O–H groups in total. The summed E-state index contributed by atoms with van der Waals surface area (Å²) in [5, 5.41) is 9.15. The van der Waals surface area contributed by atoms with Crippen molar-refractivity contribution in [2.75, 3.05) is 26.2 Å². The molecule has 0 saturated carbocycles. The van der Waals surface area contributed by atoms with Gasteiger partial charge in [0.1, 0.15) is 11.0 Å². The highest BCUT2D eigenvalue weighted by molar-refractivity contribution is 6.33. The fourth-order valence-electron chi connectivity index (χ4n) is 4.03. The van der Waals surface area contributed by atoms with E-state index in [1.165, 1.54) is 28.1 Å². The van der Waals surface area contributed by atoms with Crippen molar-refractivity contribution < 1.29 is 9.18 Å². The number of piperazine rings is 1. The Labute approximate surface area is 186 Å². The zero-order valence-electron chi connectivity index (χ0n) is 18.2. The highest BCUT2D eigenvalue weighted by Gasteiger charge is 2.28. The SMILES string of the molecule is Cc1nn(C)c(C)c1CN1CCN(C(=O)c2c(C)nn(-c3ccc(F)cc3)c2Cl)CC1. The molecule has 0 atom stereocenters. The fraction of sp³-hybridized carbons (Fsp3) is 0.409. The van der Waals surface area contributed by atoms with Gasteiger partial charge in [0.05, 0.1) is 22.6 Å². The van der Waals surface area contributed by atoms with Crippen LogP contribution in [0.25, 0.3) is 5.69 Å². The average Bonchev–Trinajstić information content (AvgIpc) is 3.17. The summed E-state index contributed by atoms with van der Waals surface area (Å²) in [7, 11) is 1.96. The number of aromatic nitrogens is 4. The molecule has 0 unspecified atom stereocenters. The minimum atomic E-state index is -0.338. The summed E-state index contributed by atoms with van der Waals surface area (Å²) in [6, 6.07) is 5.86. The third-order valence-electron chi connectivity index (χ3n) is 5.99. The lowest BCUT2D eigenvalue weighted by atomic mass is 10.1. The van der Waals surface area contributed by atoms with Crippen LogP contribution in [0.3, 0.4) is 0 Å². The number of carbonyl (C=O) groups excluding carboxylic acids is 1. The average molecular weight is 445 g/mol. The molecule has 1 aliphatic heterocycles. The monoisotopic (exact) mass is 444 g/mol. The Morgan fingerprint density at radius 1 is 1.03 bits per heavy atom. The molecule has 0 bridgehead atoms. The van der Waals surface area contributed by atoms with Gasteiger partial charge in [0.2, 0.25) is 0 Å². The third-order valence-corrected chi connectivity index (χ3v) is 6.34. The molecule has 0 spiro atoms. The predicted octanol–water partition coefficient (Wildman–Crippen LogP) is 3.28. The molecule has 31 heavy (non-hydrogen) atoms. The lowest BCUT2D eigenvalue weighted by Crippen LogP contribution is -2.48. The Kier molecular flexibility index (Phi) is 5.85. The van der Waals surface area contributed by atoms with Crippen LogP contribution in [0.1, 0.15) is 33.0 Å². The Morgan fingerprint density at radius 2 is 1.68 bits per heavy atom. The molecule has 0 radical (unpaired) electrons. The van der Waals surface area contributed by atoms with Crippen molar-refractivity contribution in [1.29, 1.82) is 0 Å². The lowest BCUT2D eigenvalue weighted by Gasteiger charge is -2.34. The first-order valence-electron chi connectivity index (χ1n) is 10.3. The van der Waals surface area contributed by atoms with Crippen molar-refractivity contribution in [3.05, 3.63) is 63.4 Å². The van der Waals surface area contributed by atoms with Crippen LogP contribution in [-0.2, 0) is 13.6 Å². The Morgan fingerprint density at radius 3 is 2.26 bits per heavy atom. The quantitative estimate of drug-likeness (QED) is 0.619. The molecule has 7 nitrogen and oxygen atoms in total. The van der Waals surface area contributed by atoms with E-state index in [1.807, 2.05) is 23.6 Å². The first-order valence-corrected chi connectivity index (χ1v) is 10.7. The zero-order valence-corrected chi connectivity index (χ0v) is 18.9. The van der Waals surface area contributed by atoms with Gasteiger partial charge in [-0.25, -0.2) is 9.07 Å². The van der Waals surface area contributed by atoms with Crippen molar-refractivity contribution in [3.8, 4) is 5.69 Å². The highest BCUT2D eigenvalue weighted by Crippen LogP contribution is 2.26. The maximum atomic E-state index is 13.2. The topological polar surface area (TPSA) is 59.2 Å². The van der Waals surface area contributed by atoms with Gasteiger partial charge in [-0.3, -0.25) is 14.4 Å². The van der Waals surface area contributed by atoms with E-state index in [9.17, 15) is 9.18 Å². The predicted molar refractivity (Wildman–Crippen MR) is 117 cm³/mol. The largest absolute Gasteiger partial charge is 0.336 e. The molecular weight excluding hydrogens is 419 g/mol. The molecule has 9 heteroatoms. The third kappa shape index (κ3) is 4.09. The van der Waals surface area contributed by atoms with Crippen LogP contribution >= 0.6 is 11.6 Å². The summed E-state index contributed by atoms with van der Waals surface area (Å²) in [4.78, 5) is 17.4. The standard InChI is InChI=1S/C22H26ClFN6O/c1-14-19(16(3)27(4)25-14)13-28-9-11-29(12-10-28)22(31)20-15(2)26-30(21(20)23)18-7-5-17(24)6-8-18/h5-8H,9-13H2,1-4H3. The lowest BCUT2D eigenvalue weighted by molar-refractivity contribution is 0.0627. The van der Waals surface area contributed by atoms with Crippen LogP contribution in [0.4, 0.5) is 4.39 Å². The van der Waals surface area contributed by atoms with Crippen LogP contribution in [0.2, 0.25) is 5.15 Å². The van der Waals surface area contributed by atoms with E-state index in [-0.39, 0.29) is 16.9 Å². The second-order valence-electron chi connectivity index (χ2n) is 7.98. The Hall–Kier alpha value is -2.71. The van der Waals surface area contributed by atoms with Crippen molar-refractivity contribution in [2.45, 2.75) is 27.3 Å². The van der Waals surface area contributed by atoms with Crippen molar-refractivity contribution >= 4 is 17.5 Å². The minimum Gasteiger partial charge on any atom is -0.336 e. The van der Waals surface area contributed by atoms with Gasteiger partial charge in [0, 0.05) is 51.0 Å². The van der Waals surface area contributed by atoms with Crippen LogP contribution in [0, 0.1) is 26.6 Å². The normalized spacial score (nSPS) is 15.0. The van der Waals surface area contributed by atoms with Gasteiger partial charge in [-0.2, -0.15) is 10.2 Å². The van der Waals surface area contributed by atoms with E-state index in [0.29, 0.717) is 30.0 Å². The van der Waals surface area contributed by atoms with E-state index < -0.39 is 0 Å². The summed E-state index contributed by atoms with van der Waals surface area (Å²) < 4.78 is 16.6. The van der Waals surface area contributed by atoms with Crippen molar-refractivity contribution in [2.24, 2.45) is 7.05 Å². The van der Waals surface area contributed by atoms with Crippen molar-refractivity contribution in [3.63, 3.8) is 0 Å². The molecule has 1 aliphatic rings. The molecule has 3 heterocycles. The molecule has 1 aromatic carbocycles. The van der Waals surface area contributed by atoms with Gasteiger partial charge in [0.25, 0.3) is 5.91 Å². The number of rotatable bonds is 4. The molecule has 4 rings (SSSR count). The number of hydrogen-bond donors (Lipinski definition) is 0. The fourth-order valence-corrected chi connectivity index (χ4v) is 4.39. The number of amides is 1. The van der Waals surface area contributed by atoms with Gasteiger partial charge < -0.3 is 4.90 Å². The number of halogens is 2. The van der Waals surface area contributed by atoms with E-state index in [0.717, 1.165) is 25.3 Å². The molecular formula is C22H26ClFN6O. The summed E-state index contributed by atoms with van der Waals surface area (Å²) in [5.41, 5.74) is 5.05. The van der Waals surface area contributed by atoms with Gasteiger partial charge in [0.15, 0.2) is 0 Å². The van der Waals surface area contributed by atoms with Gasteiger partial charge >= 0.3 is 0 Å². The van der Waals surface area contributed by atoms with Crippen LogP contribution in [0.5, 0.6) is 0 Å². The maximum absolute atomic E-state index is 13.2. The van der Waals surface area contributed by atoms with Gasteiger partial charge in [-0.1, -0.05) is 11.6 Å². The van der Waals surface area contributed by atoms with E-state index in [1.54, 1.807) is 19.1 Å². The molecule has 1 fully saturated rings. The maximum Gasteiger partial charge on any atom is 0.258 e. The van der Waals surface area contributed by atoms with Crippen LogP contribution in [0.15, 0.2) is 24.3 Å². The minimum absolute atomic E-state index is 0.121. The molecule has 3 aromatic rings. The molecule has 1 saturated heterocycles. The Bertz CT molecular complexity index is 1110. The highest BCUT2D eigenvalue weighted by atomic mass is 35.5. The van der Waals surface area contributed by atoms with Crippen molar-refractivity contribution in [1.82, 2.24) is 29.4 Å². The second kappa shape index (κ2) is 8.43. The first kappa shape index (κ1) is 21.5. The summed E-state index contributed by atoms with van der Waals surface area (Å²) in [6.45, 7) is 9.51. The molecule has 1 amide bonds. The van der Waals surface area contributed by atoms with Crippen LogP contribution in [-0.4, -0.2) is 61.4 Å². The van der Waals surface area contributed by atoms with Gasteiger partial charge in [-0.05, 0) is 45.0 Å². The van der Waals surface area contributed by atoms with E-state index >= 15 is 0 Å². The number of carbonyl (C=O) groups is 1. The zero-order chi connectivity index (χ0) is 22.3. The molecule has 0 aliphatic carbocycles. The number of hydrogen-bond acceptors (Lipinski definition) is 4. The van der Waals surface area contributed by atoms with E-state index in [2.05, 4.69) is 22.0 Å². The van der Waals surface area contributed by atoms with E-state index in [4.69, 9.17) is 11.6 Å². The number of nitrogens with zero attached hydrogens (tertiary/aromatic N) is 6. The van der Waals surface area contributed by atoms with Crippen LogP contribution < -0.4 is 0 Å². The smallest absolute Gasteiger partial charge is 0.258 e. The summed E-state index contributed by atoms with van der Waals surface area (Å²) in [5.74, 6) is -0.459. The summed E-state index contributed by atoms with van der Waals surface area (Å²) >= 11 is 6.53. The number of aryl methyl sites for hydroxylation is 3. The first-order chi connectivity index (χ1) is 14.8. The Balaban J connectivity index is 1.46. The summed E-state index contributed by atoms with van der Waals surface area (Å²) in [6.07, 6.45) is 0. The van der Waals surface area contributed by atoms with Gasteiger partial charge in [-0.15, -0.1) is 0 Å². The molecule has 164 valence electrons.